The minimum atomic E-state index is -0.0259. The van der Waals surface area contributed by atoms with E-state index < -0.39 is 0 Å². The van der Waals surface area contributed by atoms with E-state index in [2.05, 4.69) is 16.8 Å². The highest BCUT2D eigenvalue weighted by Gasteiger charge is 2.16. The van der Waals surface area contributed by atoms with E-state index in [0.717, 1.165) is 44.9 Å². The fourth-order valence-electron chi connectivity index (χ4n) is 3.69. The number of aromatic nitrogens is 4. The number of halogens is 1. The first-order valence-electron chi connectivity index (χ1n) is 9.75. The Labute approximate surface area is 184 Å². The average molecular weight is 442 g/mol. The first-order valence-corrected chi connectivity index (χ1v) is 11.0. The van der Waals surface area contributed by atoms with Gasteiger partial charge in [-0.1, -0.05) is 29.8 Å². The van der Waals surface area contributed by atoms with E-state index in [1.165, 1.54) is 16.9 Å². The minimum absolute atomic E-state index is 0.0259. The Morgan fingerprint density at radius 2 is 1.93 bits per heavy atom. The molecule has 1 aromatic carbocycles. The smallest absolute Gasteiger partial charge is 0.259 e. The predicted molar refractivity (Wildman–Crippen MR) is 122 cm³/mol. The van der Waals surface area contributed by atoms with Crippen LogP contribution in [-0.4, -0.2) is 31.1 Å². The van der Waals surface area contributed by atoms with Gasteiger partial charge in [0.05, 0.1) is 17.9 Å². The van der Waals surface area contributed by atoms with Crippen LogP contribution < -0.4 is 5.56 Å². The molecule has 30 heavy (non-hydrogen) atoms. The second-order valence-corrected chi connectivity index (χ2v) is 8.90. The maximum Gasteiger partial charge on any atom is 0.259 e. The summed E-state index contributed by atoms with van der Waals surface area (Å²) in [6.07, 6.45) is 0. The molecule has 0 unspecified atom stereocenters. The lowest BCUT2D eigenvalue weighted by molar-refractivity contribution is 0.313. The number of hydrogen-bond donors (Lipinski definition) is 0. The second-order valence-electron chi connectivity index (χ2n) is 7.65. The molecule has 0 bridgehead atoms. The summed E-state index contributed by atoms with van der Waals surface area (Å²) in [7, 11) is 2.04. The van der Waals surface area contributed by atoms with Crippen LogP contribution in [0, 0.1) is 20.8 Å². The molecule has 0 saturated heterocycles. The highest BCUT2D eigenvalue weighted by atomic mass is 35.5. The van der Waals surface area contributed by atoms with Crippen molar-refractivity contribution in [3.63, 3.8) is 0 Å². The van der Waals surface area contributed by atoms with E-state index in [4.69, 9.17) is 16.7 Å². The van der Waals surface area contributed by atoms with E-state index in [1.807, 2.05) is 55.2 Å². The van der Waals surface area contributed by atoms with E-state index in [-0.39, 0.29) is 5.56 Å². The van der Waals surface area contributed by atoms with Crippen LogP contribution in [0.3, 0.4) is 0 Å². The normalized spacial score (nSPS) is 11.7. The van der Waals surface area contributed by atoms with Crippen LogP contribution in [-0.2, 0) is 19.6 Å². The van der Waals surface area contributed by atoms with Gasteiger partial charge in [0.2, 0.25) is 0 Å². The molecule has 8 heteroatoms. The van der Waals surface area contributed by atoms with Gasteiger partial charge in [0, 0.05) is 46.5 Å². The molecule has 0 fully saturated rings. The molecular weight excluding hydrogens is 418 g/mol. The third-order valence-corrected chi connectivity index (χ3v) is 6.61. The van der Waals surface area contributed by atoms with Gasteiger partial charge in [-0.3, -0.25) is 18.8 Å². The van der Waals surface area contributed by atoms with Crippen molar-refractivity contribution in [2.45, 2.75) is 40.4 Å². The number of nitrogens with zero attached hydrogens (tertiary/aromatic N) is 5. The summed E-state index contributed by atoms with van der Waals surface area (Å²) in [6.45, 7) is 8.00. The van der Waals surface area contributed by atoms with Gasteiger partial charge in [0.15, 0.2) is 4.96 Å². The Balaban J connectivity index is 1.52. The van der Waals surface area contributed by atoms with Crippen molar-refractivity contribution < 1.29 is 0 Å². The zero-order chi connectivity index (χ0) is 21.4. The van der Waals surface area contributed by atoms with Crippen LogP contribution in [0.4, 0.5) is 0 Å². The fraction of sp³-hybridized carbons (Fsp3) is 0.318. The highest BCUT2D eigenvalue weighted by molar-refractivity contribution is 7.15. The van der Waals surface area contributed by atoms with Gasteiger partial charge in [-0.25, -0.2) is 4.98 Å². The zero-order valence-corrected chi connectivity index (χ0v) is 19.1. The lowest BCUT2D eigenvalue weighted by atomic mass is 10.1. The Kier molecular flexibility index (Phi) is 5.77. The number of rotatable bonds is 6. The van der Waals surface area contributed by atoms with Gasteiger partial charge < -0.3 is 0 Å². The van der Waals surface area contributed by atoms with Crippen LogP contribution in [0.2, 0.25) is 5.02 Å². The molecular formula is C22H24ClN5OS. The molecule has 6 nitrogen and oxygen atoms in total. The molecule has 0 aliphatic rings. The lowest BCUT2D eigenvalue weighted by Crippen LogP contribution is -2.22. The SMILES string of the molecule is Cc1nn(Cc2ccccc2Cl)c(C)c1CN(C)Cc1cc(=O)n2c(C)csc2n1. The van der Waals surface area contributed by atoms with Crippen molar-refractivity contribution in [1.82, 2.24) is 24.1 Å². The maximum absolute atomic E-state index is 12.4. The molecule has 156 valence electrons. The number of thiazole rings is 1. The van der Waals surface area contributed by atoms with Crippen LogP contribution >= 0.6 is 22.9 Å². The molecule has 0 N–H and O–H groups in total. The fourth-order valence-corrected chi connectivity index (χ4v) is 4.78. The maximum atomic E-state index is 12.4. The summed E-state index contributed by atoms with van der Waals surface area (Å²) in [5.74, 6) is 0. The number of hydrogen-bond acceptors (Lipinski definition) is 5. The van der Waals surface area contributed by atoms with Crippen molar-refractivity contribution in [2.24, 2.45) is 0 Å². The van der Waals surface area contributed by atoms with Gasteiger partial charge in [0.25, 0.3) is 5.56 Å². The number of aryl methyl sites for hydroxylation is 2. The van der Waals surface area contributed by atoms with Crippen molar-refractivity contribution in [2.75, 3.05) is 7.05 Å². The quantitative estimate of drug-likeness (QED) is 0.449. The van der Waals surface area contributed by atoms with Crippen LogP contribution in [0.25, 0.3) is 4.96 Å². The van der Waals surface area contributed by atoms with Crippen molar-refractivity contribution in [3.05, 3.63) is 85.0 Å². The topological polar surface area (TPSA) is 55.4 Å². The van der Waals surface area contributed by atoms with Crippen molar-refractivity contribution >= 4 is 27.9 Å². The summed E-state index contributed by atoms with van der Waals surface area (Å²) in [4.78, 5) is 20.0. The first-order chi connectivity index (χ1) is 14.3. The summed E-state index contributed by atoms with van der Waals surface area (Å²) in [5, 5.41) is 7.43. The van der Waals surface area contributed by atoms with E-state index in [9.17, 15) is 4.79 Å². The predicted octanol–water partition coefficient (Wildman–Crippen LogP) is 4.21. The first kappa shape index (κ1) is 20.8. The van der Waals surface area contributed by atoms with Crippen molar-refractivity contribution in [1.29, 1.82) is 0 Å². The second kappa shape index (κ2) is 8.34. The van der Waals surface area contributed by atoms with Crippen LogP contribution in [0.5, 0.6) is 0 Å². The summed E-state index contributed by atoms with van der Waals surface area (Å²) < 4.78 is 3.66. The average Bonchev–Trinajstić information content (AvgIpc) is 3.18. The van der Waals surface area contributed by atoms with E-state index in [0.29, 0.717) is 13.1 Å². The van der Waals surface area contributed by atoms with Crippen LogP contribution in [0.1, 0.15) is 33.9 Å². The third kappa shape index (κ3) is 4.05. The largest absolute Gasteiger partial charge is 0.296 e. The summed E-state index contributed by atoms with van der Waals surface area (Å²) >= 11 is 7.81. The molecule has 0 atom stereocenters. The third-order valence-electron chi connectivity index (χ3n) is 5.30. The molecule has 3 heterocycles. The standard InChI is InChI=1S/C22H24ClN5OS/c1-14-13-30-22-24-18(9-21(29)28(14)22)11-26(4)12-19-15(2)25-27(16(19)3)10-17-7-5-6-8-20(17)23/h5-9,13H,10-12H2,1-4H3. The Morgan fingerprint density at radius 3 is 2.70 bits per heavy atom. The van der Waals surface area contributed by atoms with Gasteiger partial charge in [-0.15, -0.1) is 11.3 Å². The molecule has 4 rings (SSSR count). The van der Waals surface area contributed by atoms with Crippen molar-refractivity contribution in [3.8, 4) is 0 Å². The number of fused-ring (bicyclic) bond motifs is 1. The van der Waals surface area contributed by atoms with Gasteiger partial charge in [-0.2, -0.15) is 5.10 Å². The Bertz CT molecular complexity index is 1270. The monoisotopic (exact) mass is 441 g/mol. The molecule has 0 aliphatic carbocycles. The Morgan fingerprint density at radius 1 is 1.17 bits per heavy atom. The molecule has 0 amide bonds. The highest BCUT2D eigenvalue weighted by Crippen LogP contribution is 2.21. The summed E-state index contributed by atoms with van der Waals surface area (Å²) in [6, 6.07) is 9.48. The van der Waals surface area contributed by atoms with Crippen LogP contribution in [0.15, 0.2) is 40.5 Å². The molecule has 0 saturated carbocycles. The number of benzene rings is 1. The van der Waals surface area contributed by atoms with Gasteiger partial charge in [-0.05, 0) is 39.4 Å². The zero-order valence-electron chi connectivity index (χ0n) is 17.5. The molecule has 3 aromatic heterocycles. The molecule has 0 radical (unpaired) electrons. The molecule has 0 aliphatic heterocycles. The van der Waals surface area contributed by atoms with E-state index in [1.54, 1.807) is 10.5 Å². The van der Waals surface area contributed by atoms with Gasteiger partial charge in [0.1, 0.15) is 0 Å². The van der Waals surface area contributed by atoms with Gasteiger partial charge >= 0.3 is 0 Å². The molecule has 0 spiro atoms. The minimum Gasteiger partial charge on any atom is -0.296 e. The molecule has 4 aromatic rings. The lowest BCUT2D eigenvalue weighted by Gasteiger charge is -2.16. The summed E-state index contributed by atoms with van der Waals surface area (Å²) in [5.41, 5.74) is 6.04. The van der Waals surface area contributed by atoms with E-state index >= 15 is 0 Å². The Hall–Kier alpha value is -2.48.